The van der Waals surface area contributed by atoms with Crippen LogP contribution in [0.3, 0.4) is 0 Å². The van der Waals surface area contributed by atoms with Gasteiger partial charge in [0.1, 0.15) is 6.04 Å². The highest BCUT2D eigenvalue weighted by Gasteiger charge is 2.14. The quantitative estimate of drug-likeness (QED) is 0.834. The van der Waals surface area contributed by atoms with Gasteiger partial charge in [-0.1, -0.05) is 6.92 Å². The van der Waals surface area contributed by atoms with Gasteiger partial charge >= 0.3 is 0 Å². The molecular formula is C9H16ClN3O2S. The number of aryl methyl sites for hydroxylation is 1. The largest absolute Gasteiger partial charge is 0.383 e. The van der Waals surface area contributed by atoms with E-state index < -0.39 is 6.04 Å². The highest BCUT2D eigenvalue weighted by molar-refractivity contribution is 7.15. The molecule has 1 rings (SSSR count). The van der Waals surface area contributed by atoms with E-state index in [1.54, 1.807) is 6.20 Å². The molecule has 5 nitrogen and oxygen atoms in total. The van der Waals surface area contributed by atoms with Crippen molar-refractivity contribution in [3.8, 4) is 0 Å². The van der Waals surface area contributed by atoms with Gasteiger partial charge in [-0.3, -0.25) is 4.79 Å². The molecule has 0 aliphatic rings. The van der Waals surface area contributed by atoms with Crippen LogP contribution in [0.2, 0.25) is 0 Å². The zero-order chi connectivity index (χ0) is 11.3. The van der Waals surface area contributed by atoms with E-state index in [0.29, 0.717) is 5.13 Å². The molecule has 0 saturated carbocycles. The van der Waals surface area contributed by atoms with Crippen LogP contribution in [-0.4, -0.2) is 30.6 Å². The summed E-state index contributed by atoms with van der Waals surface area (Å²) in [6.07, 6.45) is 2.67. The monoisotopic (exact) mass is 265 g/mol. The van der Waals surface area contributed by atoms with E-state index in [9.17, 15) is 4.79 Å². The van der Waals surface area contributed by atoms with Gasteiger partial charge in [0, 0.05) is 18.2 Å². The van der Waals surface area contributed by atoms with Gasteiger partial charge in [-0.2, -0.15) is 0 Å². The van der Waals surface area contributed by atoms with Gasteiger partial charge in [-0.25, -0.2) is 4.98 Å². The summed E-state index contributed by atoms with van der Waals surface area (Å²) in [4.78, 5) is 16.6. The third kappa shape index (κ3) is 4.44. The summed E-state index contributed by atoms with van der Waals surface area (Å²) in [6.45, 7) is 2.24. The van der Waals surface area contributed by atoms with Crippen molar-refractivity contribution in [2.45, 2.75) is 19.4 Å². The molecule has 1 atom stereocenters. The van der Waals surface area contributed by atoms with Gasteiger partial charge in [0.25, 0.3) is 0 Å². The number of nitrogens with one attached hydrogen (secondary N) is 1. The molecule has 0 aromatic carbocycles. The van der Waals surface area contributed by atoms with Gasteiger partial charge in [0.15, 0.2) is 5.13 Å². The molecule has 0 fully saturated rings. The van der Waals surface area contributed by atoms with Gasteiger partial charge in [-0.15, -0.1) is 23.7 Å². The van der Waals surface area contributed by atoms with E-state index in [1.807, 2.05) is 6.92 Å². The summed E-state index contributed by atoms with van der Waals surface area (Å²) >= 11 is 1.46. The standard InChI is InChI=1S/C9H15N3O2S.ClH/c1-3-6-4-11-9(15-6)12-8(13)7(10)5-14-2;/h4,7H,3,5,10H2,1-2H3,(H,11,12,13);1H. The Bertz CT molecular complexity index is 332. The van der Waals surface area contributed by atoms with Crippen LogP contribution in [0.4, 0.5) is 5.13 Å². The Labute approximate surface area is 105 Å². The molecule has 0 bridgehead atoms. The Balaban J connectivity index is 0.00000225. The third-order valence-electron chi connectivity index (χ3n) is 1.82. The second-order valence-electron chi connectivity index (χ2n) is 3.04. The van der Waals surface area contributed by atoms with Crippen molar-refractivity contribution >= 4 is 34.8 Å². The number of hydrogen-bond acceptors (Lipinski definition) is 5. The topological polar surface area (TPSA) is 77.2 Å². The van der Waals surface area contributed by atoms with Crippen LogP contribution >= 0.6 is 23.7 Å². The van der Waals surface area contributed by atoms with Crippen LogP contribution in [0, 0.1) is 0 Å². The molecule has 1 unspecified atom stereocenters. The Morgan fingerprint density at radius 1 is 1.75 bits per heavy atom. The van der Waals surface area contributed by atoms with E-state index in [-0.39, 0.29) is 24.9 Å². The molecule has 1 heterocycles. The number of nitrogens with two attached hydrogens (primary N) is 1. The molecule has 0 radical (unpaired) electrons. The highest BCUT2D eigenvalue weighted by Crippen LogP contribution is 2.18. The molecule has 16 heavy (non-hydrogen) atoms. The number of nitrogens with zero attached hydrogens (tertiary/aromatic N) is 1. The molecule has 0 saturated heterocycles. The fraction of sp³-hybridized carbons (Fsp3) is 0.556. The molecule has 7 heteroatoms. The minimum atomic E-state index is -0.649. The first kappa shape index (κ1) is 15.3. The number of halogens is 1. The molecule has 3 N–H and O–H groups in total. The Kier molecular flexibility index (Phi) is 7.24. The fourth-order valence-electron chi connectivity index (χ4n) is 0.982. The second-order valence-corrected chi connectivity index (χ2v) is 4.15. The lowest BCUT2D eigenvalue weighted by Crippen LogP contribution is -2.39. The fourth-order valence-corrected chi connectivity index (χ4v) is 1.74. The smallest absolute Gasteiger partial charge is 0.245 e. The Morgan fingerprint density at radius 3 is 2.94 bits per heavy atom. The molecule has 92 valence electrons. The minimum absolute atomic E-state index is 0. The zero-order valence-corrected chi connectivity index (χ0v) is 10.9. The Hall–Kier alpha value is -0.690. The van der Waals surface area contributed by atoms with Crippen molar-refractivity contribution < 1.29 is 9.53 Å². The molecule has 0 aliphatic heterocycles. The molecule has 0 spiro atoms. The highest BCUT2D eigenvalue weighted by atomic mass is 35.5. The van der Waals surface area contributed by atoms with E-state index in [4.69, 9.17) is 10.5 Å². The number of carbonyl (C=O) groups excluding carboxylic acids is 1. The van der Waals surface area contributed by atoms with Crippen LogP contribution in [0.5, 0.6) is 0 Å². The third-order valence-corrected chi connectivity index (χ3v) is 2.87. The maximum Gasteiger partial charge on any atom is 0.245 e. The van der Waals surface area contributed by atoms with Crippen molar-refractivity contribution in [1.29, 1.82) is 0 Å². The van der Waals surface area contributed by atoms with E-state index in [2.05, 4.69) is 10.3 Å². The first-order chi connectivity index (χ1) is 7.17. The van der Waals surface area contributed by atoms with Crippen LogP contribution < -0.4 is 11.1 Å². The molecule has 1 aromatic rings. The lowest BCUT2D eigenvalue weighted by atomic mass is 10.3. The SMILES string of the molecule is CCc1cnc(NC(=O)C(N)COC)s1.Cl. The van der Waals surface area contributed by atoms with E-state index in [1.165, 1.54) is 18.4 Å². The molecule has 1 amide bonds. The number of thiazole rings is 1. The van der Waals surface area contributed by atoms with Crippen LogP contribution in [0.25, 0.3) is 0 Å². The molecule has 0 aliphatic carbocycles. The number of rotatable bonds is 5. The van der Waals surface area contributed by atoms with Crippen LogP contribution in [0.1, 0.15) is 11.8 Å². The van der Waals surface area contributed by atoms with Crippen LogP contribution in [-0.2, 0) is 16.0 Å². The predicted molar refractivity (Wildman–Crippen MR) is 67.2 cm³/mol. The lowest BCUT2D eigenvalue weighted by Gasteiger charge is -2.08. The normalized spacial score (nSPS) is 11.7. The number of carbonyl (C=O) groups is 1. The van der Waals surface area contributed by atoms with Gasteiger partial charge < -0.3 is 15.8 Å². The maximum absolute atomic E-state index is 11.5. The average Bonchev–Trinajstić information content (AvgIpc) is 2.66. The summed E-state index contributed by atoms with van der Waals surface area (Å²) < 4.78 is 4.79. The second kappa shape index (κ2) is 7.56. The van der Waals surface area contributed by atoms with Crippen LogP contribution in [0.15, 0.2) is 6.20 Å². The summed E-state index contributed by atoms with van der Waals surface area (Å²) in [5.74, 6) is -0.270. The van der Waals surface area contributed by atoms with Crippen molar-refractivity contribution in [2.24, 2.45) is 5.73 Å². The summed E-state index contributed by atoms with van der Waals surface area (Å²) in [7, 11) is 1.51. The zero-order valence-electron chi connectivity index (χ0n) is 9.23. The first-order valence-electron chi connectivity index (χ1n) is 4.67. The molecule has 1 aromatic heterocycles. The van der Waals surface area contributed by atoms with Crippen molar-refractivity contribution in [3.05, 3.63) is 11.1 Å². The Morgan fingerprint density at radius 2 is 2.44 bits per heavy atom. The van der Waals surface area contributed by atoms with Crippen molar-refractivity contribution in [3.63, 3.8) is 0 Å². The number of amides is 1. The van der Waals surface area contributed by atoms with Gasteiger partial charge in [-0.05, 0) is 6.42 Å². The first-order valence-corrected chi connectivity index (χ1v) is 5.49. The lowest BCUT2D eigenvalue weighted by molar-refractivity contribution is -0.118. The van der Waals surface area contributed by atoms with Gasteiger partial charge in [0.05, 0.1) is 6.61 Å². The maximum atomic E-state index is 11.5. The van der Waals surface area contributed by atoms with Crippen molar-refractivity contribution in [1.82, 2.24) is 4.98 Å². The summed E-state index contributed by atoms with van der Waals surface area (Å²) in [5, 5.41) is 3.23. The van der Waals surface area contributed by atoms with Crippen molar-refractivity contribution in [2.75, 3.05) is 19.0 Å². The number of anilines is 1. The number of aromatic nitrogens is 1. The number of methoxy groups -OCH3 is 1. The van der Waals surface area contributed by atoms with Gasteiger partial charge in [0.2, 0.25) is 5.91 Å². The van der Waals surface area contributed by atoms with E-state index in [0.717, 1.165) is 11.3 Å². The summed E-state index contributed by atoms with van der Waals surface area (Å²) in [5.41, 5.74) is 5.55. The molecular weight excluding hydrogens is 250 g/mol. The minimum Gasteiger partial charge on any atom is -0.383 e. The number of ether oxygens (including phenoxy) is 1. The summed E-state index contributed by atoms with van der Waals surface area (Å²) in [6, 6.07) is -0.649. The van der Waals surface area contributed by atoms with E-state index >= 15 is 0 Å². The number of hydrogen-bond donors (Lipinski definition) is 2. The average molecular weight is 266 g/mol. The predicted octanol–water partition coefficient (Wildman–Crippen LogP) is 1.04.